The third kappa shape index (κ3) is 4.65. The molecule has 2 aromatic carbocycles. The summed E-state index contributed by atoms with van der Waals surface area (Å²) in [6, 6.07) is 14.0. The van der Waals surface area contributed by atoms with Gasteiger partial charge >= 0.3 is 6.61 Å². The number of aryl methyl sites for hydroxylation is 1. The summed E-state index contributed by atoms with van der Waals surface area (Å²) in [6.45, 7) is -0.527. The Labute approximate surface area is 162 Å². The minimum absolute atomic E-state index is 0.0259. The van der Waals surface area contributed by atoms with Crippen LogP contribution in [0.2, 0.25) is 0 Å². The Kier molecular flexibility index (Phi) is 6.23. The van der Waals surface area contributed by atoms with E-state index in [0.717, 1.165) is 12.1 Å². The lowest BCUT2D eigenvalue weighted by molar-refractivity contribution is -0.126. The van der Waals surface area contributed by atoms with Crippen molar-refractivity contribution in [1.82, 2.24) is 5.32 Å². The Morgan fingerprint density at radius 2 is 1.93 bits per heavy atom. The maximum atomic E-state index is 12.5. The average molecular weight is 388 g/mol. The molecule has 7 heteroatoms. The number of ether oxygens (including phenoxy) is 1. The SMILES string of the molecule is CCc1ccc(N2CC(C(=O)NCc3ccccc3OC(F)F)CC2=O)cc1. The van der Waals surface area contributed by atoms with E-state index in [1.54, 1.807) is 23.1 Å². The molecule has 1 saturated heterocycles. The normalized spacial score (nSPS) is 16.5. The van der Waals surface area contributed by atoms with Gasteiger partial charge in [-0.15, -0.1) is 0 Å². The smallest absolute Gasteiger partial charge is 0.387 e. The summed E-state index contributed by atoms with van der Waals surface area (Å²) in [7, 11) is 0. The number of para-hydroxylation sites is 1. The van der Waals surface area contributed by atoms with Gasteiger partial charge in [0.2, 0.25) is 11.8 Å². The summed E-state index contributed by atoms with van der Waals surface area (Å²) in [5.74, 6) is -0.849. The molecule has 148 valence electrons. The highest BCUT2D eigenvalue weighted by Gasteiger charge is 2.35. The molecule has 1 atom stereocenters. The minimum Gasteiger partial charge on any atom is -0.434 e. The molecule has 0 saturated carbocycles. The maximum Gasteiger partial charge on any atom is 0.387 e. The van der Waals surface area contributed by atoms with Gasteiger partial charge in [0.05, 0.1) is 5.92 Å². The maximum absolute atomic E-state index is 12.5. The van der Waals surface area contributed by atoms with Crippen molar-refractivity contribution in [2.24, 2.45) is 5.92 Å². The molecule has 0 aromatic heterocycles. The van der Waals surface area contributed by atoms with Gasteiger partial charge in [0.25, 0.3) is 0 Å². The predicted molar refractivity (Wildman–Crippen MR) is 101 cm³/mol. The van der Waals surface area contributed by atoms with Gasteiger partial charge in [-0.2, -0.15) is 8.78 Å². The molecule has 1 heterocycles. The van der Waals surface area contributed by atoms with Crippen LogP contribution in [0, 0.1) is 5.92 Å². The highest BCUT2D eigenvalue weighted by atomic mass is 19.3. The average Bonchev–Trinajstić information content (AvgIpc) is 3.08. The molecule has 0 spiro atoms. The zero-order valence-corrected chi connectivity index (χ0v) is 15.5. The van der Waals surface area contributed by atoms with Crippen LogP contribution in [0.5, 0.6) is 5.75 Å². The third-order valence-electron chi connectivity index (χ3n) is 4.79. The van der Waals surface area contributed by atoms with Gasteiger partial charge in [-0.25, -0.2) is 0 Å². The quantitative estimate of drug-likeness (QED) is 0.790. The number of halogens is 2. The summed E-state index contributed by atoms with van der Waals surface area (Å²) in [5, 5.41) is 2.72. The first-order valence-corrected chi connectivity index (χ1v) is 9.17. The van der Waals surface area contributed by atoms with Gasteiger partial charge in [-0.1, -0.05) is 37.3 Å². The van der Waals surface area contributed by atoms with Gasteiger partial charge in [-0.05, 0) is 30.2 Å². The first-order valence-electron chi connectivity index (χ1n) is 9.17. The van der Waals surface area contributed by atoms with Crippen molar-refractivity contribution in [3.05, 3.63) is 59.7 Å². The second kappa shape index (κ2) is 8.82. The Morgan fingerprint density at radius 1 is 1.21 bits per heavy atom. The number of hydrogen-bond acceptors (Lipinski definition) is 3. The van der Waals surface area contributed by atoms with Gasteiger partial charge < -0.3 is 15.0 Å². The number of carbonyl (C=O) groups excluding carboxylic acids is 2. The van der Waals surface area contributed by atoms with E-state index < -0.39 is 12.5 Å². The lowest BCUT2D eigenvalue weighted by Crippen LogP contribution is -2.32. The summed E-state index contributed by atoms with van der Waals surface area (Å²) >= 11 is 0. The summed E-state index contributed by atoms with van der Waals surface area (Å²) in [6.07, 6.45) is 1.03. The van der Waals surface area contributed by atoms with Crippen molar-refractivity contribution in [1.29, 1.82) is 0 Å². The molecule has 2 amide bonds. The van der Waals surface area contributed by atoms with E-state index in [0.29, 0.717) is 12.1 Å². The molecular formula is C21H22F2N2O3. The van der Waals surface area contributed by atoms with Crippen molar-refractivity contribution in [2.75, 3.05) is 11.4 Å². The van der Waals surface area contributed by atoms with Crippen molar-refractivity contribution >= 4 is 17.5 Å². The highest BCUT2D eigenvalue weighted by Crippen LogP contribution is 2.26. The van der Waals surface area contributed by atoms with Crippen molar-refractivity contribution in [2.45, 2.75) is 32.9 Å². The molecule has 28 heavy (non-hydrogen) atoms. The number of rotatable bonds is 7. The number of carbonyl (C=O) groups is 2. The monoisotopic (exact) mass is 388 g/mol. The number of benzene rings is 2. The molecule has 0 bridgehead atoms. The molecule has 1 N–H and O–H groups in total. The van der Waals surface area contributed by atoms with E-state index in [4.69, 9.17) is 0 Å². The number of nitrogens with one attached hydrogen (secondary N) is 1. The fourth-order valence-electron chi connectivity index (χ4n) is 3.23. The van der Waals surface area contributed by atoms with Crippen LogP contribution in [0.15, 0.2) is 48.5 Å². The number of alkyl halides is 2. The van der Waals surface area contributed by atoms with Crippen LogP contribution in [-0.2, 0) is 22.6 Å². The minimum atomic E-state index is -2.93. The van der Waals surface area contributed by atoms with Crippen LogP contribution in [-0.4, -0.2) is 25.0 Å². The second-order valence-electron chi connectivity index (χ2n) is 6.63. The van der Waals surface area contributed by atoms with E-state index >= 15 is 0 Å². The predicted octanol–water partition coefficient (Wildman–Crippen LogP) is 3.52. The topological polar surface area (TPSA) is 58.6 Å². The fourth-order valence-corrected chi connectivity index (χ4v) is 3.23. The van der Waals surface area contributed by atoms with E-state index in [-0.39, 0.29) is 30.5 Å². The van der Waals surface area contributed by atoms with E-state index in [9.17, 15) is 18.4 Å². The van der Waals surface area contributed by atoms with Crippen LogP contribution in [0.25, 0.3) is 0 Å². The van der Waals surface area contributed by atoms with Crippen LogP contribution < -0.4 is 15.0 Å². The van der Waals surface area contributed by atoms with E-state index in [2.05, 4.69) is 17.0 Å². The third-order valence-corrected chi connectivity index (χ3v) is 4.79. The molecule has 3 rings (SSSR count). The molecule has 1 aliphatic rings. The Balaban J connectivity index is 1.60. The summed E-state index contributed by atoms with van der Waals surface area (Å²) < 4.78 is 29.4. The molecule has 0 aliphatic carbocycles. The lowest BCUT2D eigenvalue weighted by atomic mass is 10.1. The fraction of sp³-hybridized carbons (Fsp3) is 0.333. The zero-order chi connectivity index (χ0) is 20.1. The molecule has 1 fully saturated rings. The van der Waals surface area contributed by atoms with Crippen LogP contribution in [0.1, 0.15) is 24.5 Å². The van der Waals surface area contributed by atoms with Gasteiger partial charge in [0, 0.05) is 30.8 Å². The number of nitrogens with zero attached hydrogens (tertiary/aromatic N) is 1. The number of amides is 2. The molecule has 1 aliphatic heterocycles. The molecule has 2 aromatic rings. The Bertz CT molecular complexity index is 840. The summed E-state index contributed by atoms with van der Waals surface area (Å²) in [4.78, 5) is 26.4. The van der Waals surface area contributed by atoms with Crippen molar-refractivity contribution < 1.29 is 23.1 Å². The highest BCUT2D eigenvalue weighted by molar-refractivity contribution is 6.00. The lowest BCUT2D eigenvalue weighted by Gasteiger charge is -2.17. The van der Waals surface area contributed by atoms with E-state index in [1.807, 2.05) is 24.3 Å². The Hall–Kier alpha value is -2.96. The molecule has 1 unspecified atom stereocenters. The van der Waals surface area contributed by atoms with Gasteiger partial charge in [0.1, 0.15) is 5.75 Å². The van der Waals surface area contributed by atoms with Crippen LogP contribution in [0.4, 0.5) is 14.5 Å². The van der Waals surface area contributed by atoms with Crippen LogP contribution >= 0.6 is 0 Å². The van der Waals surface area contributed by atoms with Crippen molar-refractivity contribution in [3.63, 3.8) is 0 Å². The largest absolute Gasteiger partial charge is 0.434 e. The van der Waals surface area contributed by atoms with Gasteiger partial charge in [-0.3, -0.25) is 9.59 Å². The molecular weight excluding hydrogens is 366 g/mol. The Morgan fingerprint density at radius 3 is 2.61 bits per heavy atom. The molecule has 5 nitrogen and oxygen atoms in total. The zero-order valence-electron chi connectivity index (χ0n) is 15.5. The standard InChI is InChI=1S/C21H22F2N2O3/c1-2-14-7-9-17(10-8-14)25-13-16(11-19(25)26)20(27)24-12-15-5-3-4-6-18(15)28-21(22)23/h3-10,16,21H,2,11-13H2,1H3,(H,24,27). The first-order chi connectivity index (χ1) is 13.5. The number of anilines is 1. The van der Waals surface area contributed by atoms with Gasteiger partial charge in [0.15, 0.2) is 0 Å². The number of hydrogen-bond donors (Lipinski definition) is 1. The van der Waals surface area contributed by atoms with Crippen LogP contribution in [0.3, 0.4) is 0 Å². The second-order valence-corrected chi connectivity index (χ2v) is 6.63. The summed E-state index contributed by atoms with van der Waals surface area (Å²) in [5.41, 5.74) is 2.40. The first kappa shape index (κ1) is 19.8. The van der Waals surface area contributed by atoms with E-state index in [1.165, 1.54) is 11.6 Å². The molecule has 0 radical (unpaired) electrons. The van der Waals surface area contributed by atoms with Crippen molar-refractivity contribution in [3.8, 4) is 5.75 Å².